The third kappa shape index (κ3) is 2.46. The Labute approximate surface area is 118 Å². The normalized spacial score (nSPS) is 31.8. The standard InChI is InChI=1S/C15H21NO4/c17-13(18)5-3-1-2-4-11-10-12-6-7-15(11,20-12)14-16-8-9-19-14/h8-9,11-12H,1-7,10H2,(H,17,18). The molecule has 3 heterocycles. The van der Waals surface area contributed by atoms with Crippen LogP contribution in [-0.2, 0) is 15.1 Å². The second kappa shape index (κ2) is 5.56. The van der Waals surface area contributed by atoms with Gasteiger partial charge in [-0.3, -0.25) is 4.79 Å². The lowest BCUT2D eigenvalue weighted by Crippen LogP contribution is -2.31. The van der Waals surface area contributed by atoms with Crippen LogP contribution in [0.15, 0.2) is 16.9 Å². The van der Waals surface area contributed by atoms with E-state index in [-0.39, 0.29) is 12.0 Å². The van der Waals surface area contributed by atoms with E-state index in [2.05, 4.69) is 4.98 Å². The van der Waals surface area contributed by atoms with Crippen LogP contribution in [0.25, 0.3) is 0 Å². The van der Waals surface area contributed by atoms with E-state index in [4.69, 9.17) is 14.3 Å². The minimum atomic E-state index is -0.704. The van der Waals surface area contributed by atoms with Crippen molar-refractivity contribution < 1.29 is 19.1 Å². The van der Waals surface area contributed by atoms with Crippen LogP contribution >= 0.6 is 0 Å². The van der Waals surface area contributed by atoms with Crippen molar-refractivity contribution in [3.05, 3.63) is 18.4 Å². The average Bonchev–Trinajstić information content (AvgIpc) is 3.13. The summed E-state index contributed by atoms with van der Waals surface area (Å²) in [7, 11) is 0. The summed E-state index contributed by atoms with van der Waals surface area (Å²) < 4.78 is 11.7. The minimum Gasteiger partial charge on any atom is -0.481 e. The van der Waals surface area contributed by atoms with E-state index in [0.717, 1.165) is 50.8 Å². The predicted molar refractivity (Wildman–Crippen MR) is 71.1 cm³/mol. The van der Waals surface area contributed by atoms with Gasteiger partial charge < -0.3 is 14.3 Å². The Hall–Kier alpha value is -1.36. The van der Waals surface area contributed by atoms with Gasteiger partial charge >= 0.3 is 5.97 Å². The van der Waals surface area contributed by atoms with Crippen molar-refractivity contribution in [2.45, 2.75) is 63.1 Å². The quantitative estimate of drug-likeness (QED) is 0.776. The van der Waals surface area contributed by atoms with Crippen molar-refractivity contribution in [2.75, 3.05) is 0 Å². The number of hydrogen-bond acceptors (Lipinski definition) is 4. The summed E-state index contributed by atoms with van der Waals surface area (Å²) in [5, 5.41) is 8.64. The molecule has 1 N–H and O–H groups in total. The van der Waals surface area contributed by atoms with Crippen LogP contribution in [-0.4, -0.2) is 22.2 Å². The van der Waals surface area contributed by atoms with Crippen LogP contribution in [0.1, 0.15) is 57.3 Å². The van der Waals surface area contributed by atoms with Crippen LogP contribution < -0.4 is 0 Å². The van der Waals surface area contributed by atoms with E-state index < -0.39 is 5.97 Å². The molecule has 3 rings (SSSR count). The molecule has 5 heteroatoms. The van der Waals surface area contributed by atoms with Crippen molar-refractivity contribution in [3.63, 3.8) is 0 Å². The number of aromatic nitrogens is 1. The van der Waals surface area contributed by atoms with Gasteiger partial charge in [0.2, 0.25) is 5.89 Å². The highest BCUT2D eigenvalue weighted by Gasteiger charge is 2.56. The molecule has 2 aliphatic rings. The molecule has 2 aliphatic heterocycles. The monoisotopic (exact) mass is 279 g/mol. The predicted octanol–water partition coefficient (Wildman–Crippen LogP) is 3.10. The molecule has 2 fully saturated rings. The lowest BCUT2D eigenvalue weighted by molar-refractivity contribution is -0.137. The highest BCUT2D eigenvalue weighted by molar-refractivity contribution is 5.66. The Morgan fingerprint density at radius 1 is 1.45 bits per heavy atom. The first-order valence-electron chi connectivity index (χ1n) is 7.50. The van der Waals surface area contributed by atoms with Crippen molar-refractivity contribution in [3.8, 4) is 0 Å². The Morgan fingerprint density at radius 3 is 3.05 bits per heavy atom. The number of carboxylic acids is 1. The van der Waals surface area contributed by atoms with Crippen LogP contribution in [0.2, 0.25) is 0 Å². The molecule has 2 saturated heterocycles. The fraction of sp³-hybridized carbons (Fsp3) is 0.733. The van der Waals surface area contributed by atoms with Gasteiger partial charge in [0.15, 0.2) is 0 Å². The van der Waals surface area contributed by atoms with Gasteiger partial charge in [0.25, 0.3) is 0 Å². The number of nitrogens with zero attached hydrogens (tertiary/aromatic N) is 1. The lowest BCUT2D eigenvalue weighted by Gasteiger charge is -2.29. The van der Waals surface area contributed by atoms with Crippen LogP contribution in [0.4, 0.5) is 0 Å². The number of rotatable bonds is 7. The van der Waals surface area contributed by atoms with Crippen molar-refractivity contribution in [1.29, 1.82) is 0 Å². The number of carboxylic acid groups (broad SMARTS) is 1. The first-order valence-corrected chi connectivity index (χ1v) is 7.50. The third-order valence-electron chi connectivity index (χ3n) is 4.66. The molecule has 2 bridgehead atoms. The Balaban J connectivity index is 1.55. The van der Waals surface area contributed by atoms with Gasteiger partial charge in [-0.25, -0.2) is 4.98 Å². The summed E-state index contributed by atoms with van der Waals surface area (Å²) in [6.45, 7) is 0. The van der Waals surface area contributed by atoms with Crippen LogP contribution in [0.3, 0.4) is 0 Å². The number of unbranched alkanes of at least 4 members (excludes halogenated alkanes) is 2. The molecule has 0 radical (unpaired) electrons. The lowest BCUT2D eigenvalue weighted by atomic mass is 9.75. The summed E-state index contributed by atoms with van der Waals surface area (Å²) in [5.41, 5.74) is -0.305. The Bertz CT molecular complexity index is 458. The van der Waals surface area contributed by atoms with Gasteiger partial charge in [0, 0.05) is 6.42 Å². The first kappa shape index (κ1) is 13.6. The second-order valence-corrected chi connectivity index (χ2v) is 5.93. The molecule has 0 saturated carbocycles. The summed E-state index contributed by atoms with van der Waals surface area (Å²) in [6, 6.07) is 0. The molecule has 0 aromatic carbocycles. The molecule has 5 nitrogen and oxygen atoms in total. The Kier molecular flexibility index (Phi) is 3.78. The van der Waals surface area contributed by atoms with E-state index in [0.29, 0.717) is 12.0 Å². The van der Waals surface area contributed by atoms with Crippen LogP contribution in [0, 0.1) is 5.92 Å². The fourth-order valence-electron chi connectivity index (χ4n) is 3.72. The topological polar surface area (TPSA) is 72.6 Å². The zero-order chi connectivity index (χ0) is 14.0. The summed E-state index contributed by atoms with van der Waals surface area (Å²) in [6.07, 6.45) is 11.0. The summed E-state index contributed by atoms with van der Waals surface area (Å²) >= 11 is 0. The van der Waals surface area contributed by atoms with E-state index in [1.807, 2.05) is 0 Å². The second-order valence-electron chi connectivity index (χ2n) is 5.93. The van der Waals surface area contributed by atoms with Gasteiger partial charge in [0.05, 0.1) is 12.3 Å². The summed E-state index contributed by atoms with van der Waals surface area (Å²) in [5.74, 6) is 0.488. The number of fused-ring (bicyclic) bond motifs is 2. The highest BCUT2D eigenvalue weighted by Crippen LogP contribution is 2.55. The van der Waals surface area contributed by atoms with Gasteiger partial charge in [-0.1, -0.05) is 12.8 Å². The molecule has 3 unspecified atom stereocenters. The maximum Gasteiger partial charge on any atom is 0.303 e. The van der Waals surface area contributed by atoms with Crippen molar-refractivity contribution in [1.82, 2.24) is 4.98 Å². The molecule has 110 valence electrons. The highest BCUT2D eigenvalue weighted by atomic mass is 16.5. The van der Waals surface area contributed by atoms with Crippen molar-refractivity contribution in [2.24, 2.45) is 5.92 Å². The van der Waals surface area contributed by atoms with E-state index in [1.165, 1.54) is 0 Å². The SMILES string of the molecule is O=C(O)CCCCCC1CC2CCC1(c1ncco1)O2. The minimum absolute atomic E-state index is 0.272. The fourth-order valence-corrected chi connectivity index (χ4v) is 3.72. The molecule has 3 atom stereocenters. The number of ether oxygens (including phenoxy) is 1. The maximum absolute atomic E-state index is 10.5. The van der Waals surface area contributed by atoms with Gasteiger partial charge in [-0.05, 0) is 38.0 Å². The molecule has 1 aromatic heterocycles. The smallest absolute Gasteiger partial charge is 0.303 e. The van der Waals surface area contributed by atoms with Gasteiger partial charge in [-0.2, -0.15) is 0 Å². The molecule has 0 spiro atoms. The number of carbonyl (C=O) groups is 1. The zero-order valence-corrected chi connectivity index (χ0v) is 11.6. The van der Waals surface area contributed by atoms with E-state index >= 15 is 0 Å². The van der Waals surface area contributed by atoms with E-state index in [9.17, 15) is 4.79 Å². The van der Waals surface area contributed by atoms with Crippen molar-refractivity contribution >= 4 is 5.97 Å². The first-order chi connectivity index (χ1) is 9.71. The molecular weight excluding hydrogens is 258 g/mol. The van der Waals surface area contributed by atoms with E-state index in [1.54, 1.807) is 12.5 Å². The summed E-state index contributed by atoms with van der Waals surface area (Å²) in [4.78, 5) is 14.8. The number of hydrogen-bond donors (Lipinski definition) is 1. The Morgan fingerprint density at radius 2 is 2.35 bits per heavy atom. The van der Waals surface area contributed by atoms with Crippen LogP contribution in [0.5, 0.6) is 0 Å². The average molecular weight is 279 g/mol. The van der Waals surface area contributed by atoms with Gasteiger partial charge in [-0.15, -0.1) is 0 Å². The van der Waals surface area contributed by atoms with Gasteiger partial charge in [0.1, 0.15) is 11.9 Å². The molecule has 1 aromatic rings. The number of aliphatic carboxylic acids is 1. The largest absolute Gasteiger partial charge is 0.481 e. The maximum atomic E-state index is 10.5. The molecule has 0 amide bonds. The third-order valence-corrected chi connectivity index (χ3v) is 4.66. The molecule has 0 aliphatic carbocycles. The molecule has 20 heavy (non-hydrogen) atoms. The number of oxazole rings is 1. The zero-order valence-electron chi connectivity index (χ0n) is 11.6. The molecular formula is C15H21NO4.